The van der Waals surface area contributed by atoms with Crippen LogP contribution in [0.15, 0.2) is 29.2 Å². The average Bonchev–Trinajstić information content (AvgIpc) is 2.58. The predicted octanol–water partition coefficient (Wildman–Crippen LogP) is 0.0861. The first-order valence-electron chi connectivity index (χ1n) is 8.66. The van der Waals surface area contributed by atoms with Gasteiger partial charge in [-0.25, -0.2) is 12.7 Å². The molecule has 10 heteroatoms. The molecule has 0 aliphatic carbocycles. The van der Waals surface area contributed by atoms with Crippen LogP contribution in [-0.2, 0) is 19.6 Å². The maximum Gasteiger partial charge on any atom is 0.251 e. The fourth-order valence-corrected chi connectivity index (χ4v) is 3.06. The lowest BCUT2D eigenvalue weighted by Crippen LogP contribution is -2.52. The van der Waals surface area contributed by atoms with E-state index in [1.165, 1.54) is 45.3 Å². The summed E-state index contributed by atoms with van der Waals surface area (Å²) in [5.41, 5.74) is -0.323. The van der Waals surface area contributed by atoms with E-state index in [1.54, 1.807) is 0 Å². The quantitative estimate of drug-likeness (QED) is 0.585. The van der Waals surface area contributed by atoms with Crippen LogP contribution in [0.1, 0.15) is 38.1 Å². The van der Waals surface area contributed by atoms with Crippen molar-refractivity contribution >= 4 is 27.7 Å². The molecule has 1 aromatic rings. The van der Waals surface area contributed by atoms with Crippen molar-refractivity contribution in [3.63, 3.8) is 0 Å². The summed E-state index contributed by atoms with van der Waals surface area (Å²) in [6, 6.07) is 4.75. The van der Waals surface area contributed by atoms with Crippen LogP contribution in [0.4, 0.5) is 0 Å². The molecular weight excluding hydrogens is 384 g/mol. The van der Waals surface area contributed by atoms with E-state index >= 15 is 0 Å². The highest BCUT2D eigenvalue weighted by Gasteiger charge is 2.21. The molecule has 0 radical (unpaired) electrons. The third-order valence-electron chi connectivity index (χ3n) is 3.55. The Bertz CT molecular complexity index is 844. The first-order valence-corrected chi connectivity index (χ1v) is 10.1. The molecule has 0 aliphatic heterocycles. The second-order valence-electron chi connectivity index (χ2n) is 7.53. The lowest BCUT2D eigenvalue weighted by molar-refractivity contribution is -0.129. The molecule has 1 aromatic carbocycles. The van der Waals surface area contributed by atoms with Crippen molar-refractivity contribution in [2.75, 3.05) is 20.6 Å². The van der Waals surface area contributed by atoms with Crippen molar-refractivity contribution in [3.05, 3.63) is 29.8 Å². The normalized spacial score (nSPS) is 13.0. The number of sulfonamides is 1. The van der Waals surface area contributed by atoms with Crippen LogP contribution in [0.3, 0.4) is 0 Å². The van der Waals surface area contributed by atoms with E-state index in [4.69, 9.17) is 0 Å². The smallest absolute Gasteiger partial charge is 0.251 e. The van der Waals surface area contributed by atoms with Crippen LogP contribution < -0.4 is 16.0 Å². The standard InChI is InChI=1S/C18H28N4O5S/c1-12(16(24)21-18(2,3)4)20-15(23)11-19-17(25)13-8-7-9-14(10-13)28(26,27)22(5)6/h7-10,12H,11H2,1-6H3,(H,19,25)(H,20,23)(H,21,24). The zero-order valence-electron chi connectivity index (χ0n) is 17.0. The highest BCUT2D eigenvalue weighted by Crippen LogP contribution is 2.14. The van der Waals surface area contributed by atoms with Gasteiger partial charge in [0.15, 0.2) is 0 Å². The van der Waals surface area contributed by atoms with Gasteiger partial charge in [-0.15, -0.1) is 0 Å². The fraction of sp³-hybridized carbons (Fsp3) is 0.500. The summed E-state index contributed by atoms with van der Waals surface area (Å²) in [6.07, 6.45) is 0. The number of carbonyl (C=O) groups excluding carboxylic acids is 3. The van der Waals surface area contributed by atoms with Crippen LogP contribution in [-0.4, -0.2) is 62.7 Å². The number of hydrogen-bond donors (Lipinski definition) is 3. The van der Waals surface area contributed by atoms with Crippen molar-refractivity contribution in [1.29, 1.82) is 0 Å². The van der Waals surface area contributed by atoms with Crippen LogP contribution in [0.2, 0.25) is 0 Å². The Morgan fingerprint density at radius 3 is 2.29 bits per heavy atom. The van der Waals surface area contributed by atoms with Gasteiger partial charge in [0.05, 0.1) is 11.4 Å². The zero-order valence-corrected chi connectivity index (χ0v) is 17.8. The highest BCUT2D eigenvalue weighted by molar-refractivity contribution is 7.89. The second-order valence-corrected chi connectivity index (χ2v) is 9.68. The van der Waals surface area contributed by atoms with Gasteiger partial charge in [-0.3, -0.25) is 14.4 Å². The van der Waals surface area contributed by atoms with E-state index in [9.17, 15) is 22.8 Å². The minimum atomic E-state index is -3.68. The van der Waals surface area contributed by atoms with E-state index < -0.39 is 33.4 Å². The first kappa shape index (κ1) is 23.6. The van der Waals surface area contributed by atoms with Crippen molar-refractivity contribution in [2.24, 2.45) is 0 Å². The predicted molar refractivity (Wildman–Crippen MR) is 105 cm³/mol. The van der Waals surface area contributed by atoms with E-state index in [2.05, 4.69) is 16.0 Å². The average molecular weight is 413 g/mol. The summed E-state index contributed by atoms with van der Waals surface area (Å²) >= 11 is 0. The molecule has 9 nitrogen and oxygen atoms in total. The molecule has 1 atom stereocenters. The van der Waals surface area contributed by atoms with Crippen LogP contribution in [0, 0.1) is 0 Å². The maximum absolute atomic E-state index is 12.2. The molecule has 0 heterocycles. The third-order valence-corrected chi connectivity index (χ3v) is 5.36. The Hall–Kier alpha value is -2.46. The van der Waals surface area contributed by atoms with Crippen LogP contribution in [0.5, 0.6) is 0 Å². The lowest BCUT2D eigenvalue weighted by Gasteiger charge is -2.23. The van der Waals surface area contributed by atoms with Crippen molar-refractivity contribution < 1.29 is 22.8 Å². The Morgan fingerprint density at radius 1 is 1.14 bits per heavy atom. The number of carbonyl (C=O) groups is 3. The first-order chi connectivity index (χ1) is 12.7. The summed E-state index contributed by atoms with van der Waals surface area (Å²) in [5.74, 6) is -1.48. The number of hydrogen-bond acceptors (Lipinski definition) is 5. The molecule has 0 saturated heterocycles. The van der Waals surface area contributed by atoms with E-state index in [1.807, 2.05) is 20.8 Å². The van der Waals surface area contributed by atoms with Gasteiger partial charge in [-0.1, -0.05) is 6.07 Å². The fourth-order valence-electron chi connectivity index (χ4n) is 2.11. The molecule has 1 unspecified atom stereocenters. The minimum Gasteiger partial charge on any atom is -0.350 e. The molecule has 0 fully saturated rings. The monoisotopic (exact) mass is 412 g/mol. The molecule has 156 valence electrons. The number of rotatable bonds is 7. The highest BCUT2D eigenvalue weighted by atomic mass is 32.2. The molecule has 0 spiro atoms. The number of amides is 3. The summed E-state index contributed by atoms with van der Waals surface area (Å²) in [4.78, 5) is 36.1. The molecule has 0 aromatic heterocycles. The molecule has 0 bridgehead atoms. The van der Waals surface area contributed by atoms with Crippen LogP contribution >= 0.6 is 0 Å². The number of nitrogens with one attached hydrogen (secondary N) is 3. The maximum atomic E-state index is 12.2. The van der Waals surface area contributed by atoms with Gasteiger partial charge in [0, 0.05) is 25.2 Å². The Labute approximate surface area is 165 Å². The lowest BCUT2D eigenvalue weighted by atomic mass is 10.1. The van der Waals surface area contributed by atoms with E-state index in [-0.39, 0.29) is 22.9 Å². The Balaban J connectivity index is 2.68. The van der Waals surface area contributed by atoms with Gasteiger partial charge in [-0.05, 0) is 45.9 Å². The van der Waals surface area contributed by atoms with Crippen molar-refractivity contribution in [3.8, 4) is 0 Å². The molecule has 3 N–H and O–H groups in total. The summed E-state index contributed by atoms with van der Waals surface area (Å²) in [6.45, 7) is 6.66. The van der Waals surface area contributed by atoms with Crippen molar-refractivity contribution in [1.82, 2.24) is 20.3 Å². The Morgan fingerprint density at radius 2 is 1.75 bits per heavy atom. The third kappa shape index (κ3) is 6.93. The molecule has 1 rings (SSSR count). The summed E-state index contributed by atoms with van der Waals surface area (Å²) in [7, 11) is -0.891. The van der Waals surface area contributed by atoms with E-state index in [0.29, 0.717) is 0 Å². The van der Waals surface area contributed by atoms with Crippen molar-refractivity contribution in [2.45, 2.75) is 44.2 Å². The number of nitrogens with zero attached hydrogens (tertiary/aromatic N) is 1. The molecule has 3 amide bonds. The molecule has 0 aliphatic rings. The Kier molecular flexibility index (Phi) is 7.71. The zero-order chi connectivity index (χ0) is 21.7. The van der Waals surface area contributed by atoms with Gasteiger partial charge in [0.2, 0.25) is 21.8 Å². The second kappa shape index (κ2) is 9.16. The van der Waals surface area contributed by atoms with E-state index in [0.717, 1.165) is 4.31 Å². The number of benzene rings is 1. The molecular formula is C18H28N4O5S. The minimum absolute atomic E-state index is 0.0259. The molecule has 0 saturated carbocycles. The van der Waals surface area contributed by atoms with Gasteiger partial charge in [0.1, 0.15) is 6.04 Å². The van der Waals surface area contributed by atoms with Gasteiger partial charge >= 0.3 is 0 Å². The SMILES string of the molecule is CC(NC(=O)CNC(=O)c1cccc(S(=O)(=O)N(C)C)c1)C(=O)NC(C)(C)C. The van der Waals surface area contributed by atoms with Gasteiger partial charge < -0.3 is 16.0 Å². The summed E-state index contributed by atoms with van der Waals surface area (Å²) in [5, 5.41) is 7.64. The summed E-state index contributed by atoms with van der Waals surface area (Å²) < 4.78 is 25.3. The largest absolute Gasteiger partial charge is 0.350 e. The van der Waals surface area contributed by atoms with Gasteiger partial charge in [-0.2, -0.15) is 0 Å². The van der Waals surface area contributed by atoms with Crippen LogP contribution in [0.25, 0.3) is 0 Å². The van der Waals surface area contributed by atoms with Gasteiger partial charge in [0.25, 0.3) is 5.91 Å². The topological polar surface area (TPSA) is 125 Å². The molecule has 28 heavy (non-hydrogen) atoms.